The van der Waals surface area contributed by atoms with Gasteiger partial charge in [0.2, 0.25) is 0 Å². The van der Waals surface area contributed by atoms with Crippen LogP contribution in [0, 0.1) is 11.8 Å². The summed E-state index contributed by atoms with van der Waals surface area (Å²) in [6, 6.07) is 17.8. The van der Waals surface area contributed by atoms with E-state index < -0.39 is 5.60 Å². The molecule has 0 bridgehead atoms. The standard InChI is InChI=1S/C22H27NO2/c24-21-8-6-20(7-9-21)22(25)12-10-19-16-23(13-11-18(19)14-22)15-17-4-2-1-3-5-17/h1-9,18-19,24-25H,10-16H2. The number of phenols is 1. The van der Waals surface area contributed by atoms with E-state index in [1.165, 1.54) is 5.56 Å². The zero-order valence-corrected chi connectivity index (χ0v) is 14.6. The number of aliphatic hydroxyl groups is 1. The van der Waals surface area contributed by atoms with Crippen LogP contribution in [0.2, 0.25) is 0 Å². The lowest BCUT2D eigenvalue weighted by Gasteiger charge is -2.47. The molecule has 0 radical (unpaired) electrons. The molecule has 0 amide bonds. The van der Waals surface area contributed by atoms with Gasteiger partial charge in [0, 0.05) is 13.1 Å². The molecular formula is C22H27NO2. The number of hydrogen-bond acceptors (Lipinski definition) is 3. The molecule has 0 aromatic heterocycles. The monoisotopic (exact) mass is 337 g/mol. The molecule has 1 saturated carbocycles. The maximum absolute atomic E-state index is 11.2. The number of benzene rings is 2. The molecule has 132 valence electrons. The molecule has 1 aliphatic carbocycles. The van der Waals surface area contributed by atoms with Crippen molar-refractivity contribution in [1.29, 1.82) is 0 Å². The minimum atomic E-state index is -0.726. The zero-order valence-electron chi connectivity index (χ0n) is 14.6. The van der Waals surface area contributed by atoms with Crippen molar-refractivity contribution in [3.63, 3.8) is 0 Å². The molecule has 2 aliphatic rings. The van der Waals surface area contributed by atoms with Crippen LogP contribution in [0.3, 0.4) is 0 Å². The highest BCUT2D eigenvalue weighted by molar-refractivity contribution is 5.30. The molecule has 1 saturated heterocycles. The summed E-state index contributed by atoms with van der Waals surface area (Å²) in [6.07, 6.45) is 3.91. The van der Waals surface area contributed by atoms with E-state index >= 15 is 0 Å². The fourth-order valence-corrected chi connectivity index (χ4v) is 4.73. The molecule has 1 heterocycles. The molecule has 1 aliphatic heterocycles. The zero-order chi connectivity index (χ0) is 17.3. The lowest BCUT2D eigenvalue weighted by Crippen LogP contribution is -2.46. The Hall–Kier alpha value is -1.84. The average molecular weight is 337 g/mol. The molecule has 25 heavy (non-hydrogen) atoms. The van der Waals surface area contributed by atoms with E-state index in [0.717, 1.165) is 50.9 Å². The second-order valence-electron chi connectivity index (χ2n) is 7.85. The first-order chi connectivity index (χ1) is 12.1. The van der Waals surface area contributed by atoms with Gasteiger partial charge < -0.3 is 10.2 Å². The van der Waals surface area contributed by atoms with Crippen molar-refractivity contribution in [2.75, 3.05) is 13.1 Å². The van der Waals surface area contributed by atoms with Crippen LogP contribution in [0.4, 0.5) is 0 Å². The Morgan fingerprint density at radius 2 is 1.72 bits per heavy atom. The van der Waals surface area contributed by atoms with Crippen molar-refractivity contribution in [2.24, 2.45) is 11.8 Å². The second kappa shape index (κ2) is 6.81. The highest BCUT2D eigenvalue weighted by Gasteiger charge is 2.42. The fourth-order valence-electron chi connectivity index (χ4n) is 4.73. The number of nitrogens with zero attached hydrogens (tertiary/aromatic N) is 1. The number of phenolic OH excluding ortho intramolecular Hbond substituents is 1. The summed E-state index contributed by atoms with van der Waals surface area (Å²) in [5, 5.41) is 20.7. The lowest BCUT2D eigenvalue weighted by atomic mass is 9.66. The van der Waals surface area contributed by atoms with Crippen LogP contribution in [0.15, 0.2) is 54.6 Å². The van der Waals surface area contributed by atoms with Crippen LogP contribution in [0.5, 0.6) is 5.75 Å². The number of fused-ring (bicyclic) bond motifs is 1. The Labute approximate surface area is 149 Å². The van der Waals surface area contributed by atoms with E-state index in [-0.39, 0.29) is 5.75 Å². The Balaban J connectivity index is 1.40. The third-order valence-corrected chi connectivity index (χ3v) is 6.16. The van der Waals surface area contributed by atoms with Crippen LogP contribution in [-0.4, -0.2) is 28.2 Å². The molecule has 3 nitrogen and oxygen atoms in total. The smallest absolute Gasteiger partial charge is 0.115 e. The van der Waals surface area contributed by atoms with Crippen LogP contribution >= 0.6 is 0 Å². The molecule has 3 heteroatoms. The summed E-state index contributed by atoms with van der Waals surface area (Å²) in [6.45, 7) is 3.29. The minimum absolute atomic E-state index is 0.259. The Kier molecular flexibility index (Phi) is 4.53. The van der Waals surface area contributed by atoms with E-state index in [0.29, 0.717) is 11.8 Å². The predicted molar refractivity (Wildman–Crippen MR) is 99.2 cm³/mol. The Morgan fingerprint density at radius 3 is 2.48 bits per heavy atom. The maximum Gasteiger partial charge on any atom is 0.115 e. The average Bonchev–Trinajstić information content (AvgIpc) is 2.63. The van der Waals surface area contributed by atoms with Gasteiger partial charge in [-0.3, -0.25) is 4.90 Å². The van der Waals surface area contributed by atoms with Crippen molar-refractivity contribution < 1.29 is 10.2 Å². The van der Waals surface area contributed by atoms with Gasteiger partial charge in [-0.25, -0.2) is 0 Å². The predicted octanol–water partition coefficient (Wildman–Crippen LogP) is 3.90. The van der Waals surface area contributed by atoms with Crippen molar-refractivity contribution in [3.05, 3.63) is 65.7 Å². The molecule has 3 unspecified atom stereocenters. The molecule has 3 atom stereocenters. The summed E-state index contributed by atoms with van der Waals surface area (Å²) < 4.78 is 0. The van der Waals surface area contributed by atoms with Crippen molar-refractivity contribution in [3.8, 4) is 5.75 Å². The molecule has 2 fully saturated rings. The summed E-state index contributed by atoms with van der Waals surface area (Å²) in [4.78, 5) is 2.57. The first-order valence-electron chi connectivity index (χ1n) is 9.40. The molecular weight excluding hydrogens is 310 g/mol. The van der Waals surface area contributed by atoms with E-state index in [9.17, 15) is 10.2 Å². The number of piperidine rings is 1. The van der Waals surface area contributed by atoms with Crippen LogP contribution < -0.4 is 0 Å². The van der Waals surface area contributed by atoms with Gasteiger partial charge in [0.05, 0.1) is 5.60 Å². The van der Waals surface area contributed by atoms with Crippen molar-refractivity contribution in [1.82, 2.24) is 4.90 Å². The third-order valence-electron chi connectivity index (χ3n) is 6.16. The minimum Gasteiger partial charge on any atom is -0.508 e. The van der Waals surface area contributed by atoms with Crippen molar-refractivity contribution in [2.45, 2.75) is 37.8 Å². The lowest BCUT2D eigenvalue weighted by molar-refractivity contribution is -0.0616. The highest BCUT2D eigenvalue weighted by atomic mass is 16.3. The van der Waals surface area contributed by atoms with E-state index in [2.05, 4.69) is 35.2 Å². The number of likely N-dealkylation sites (tertiary alicyclic amines) is 1. The quantitative estimate of drug-likeness (QED) is 0.893. The maximum atomic E-state index is 11.2. The first-order valence-corrected chi connectivity index (χ1v) is 9.40. The van der Waals surface area contributed by atoms with Gasteiger partial charge >= 0.3 is 0 Å². The summed E-state index contributed by atoms with van der Waals surface area (Å²) in [7, 11) is 0. The van der Waals surface area contributed by atoms with E-state index in [4.69, 9.17) is 0 Å². The number of rotatable bonds is 3. The van der Waals surface area contributed by atoms with Gasteiger partial charge in [-0.1, -0.05) is 42.5 Å². The largest absolute Gasteiger partial charge is 0.508 e. The van der Waals surface area contributed by atoms with Crippen LogP contribution in [0.1, 0.15) is 36.8 Å². The van der Waals surface area contributed by atoms with Gasteiger partial charge in [-0.2, -0.15) is 0 Å². The Bertz CT molecular complexity index is 700. The third kappa shape index (κ3) is 3.58. The van der Waals surface area contributed by atoms with Gasteiger partial charge in [0.25, 0.3) is 0 Å². The fraction of sp³-hybridized carbons (Fsp3) is 0.455. The normalized spacial score (nSPS) is 30.0. The molecule has 2 aromatic rings. The van der Waals surface area contributed by atoms with E-state index in [1.54, 1.807) is 12.1 Å². The van der Waals surface area contributed by atoms with Crippen LogP contribution in [0.25, 0.3) is 0 Å². The SMILES string of the molecule is Oc1ccc(C2(O)CCC3CN(Cc4ccccc4)CCC3C2)cc1. The highest BCUT2D eigenvalue weighted by Crippen LogP contribution is 2.46. The second-order valence-corrected chi connectivity index (χ2v) is 7.85. The van der Waals surface area contributed by atoms with Gasteiger partial charge in [0.1, 0.15) is 5.75 Å². The van der Waals surface area contributed by atoms with E-state index in [1.807, 2.05) is 12.1 Å². The number of hydrogen-bond donors (Lipinski definition) is 2. The van der Waals surface area contributed by atoms with Gasteiger partial charge in [0.15, 0.2) is 0 Å². The van der Waals surface area contributed by atoms with Gasteiger partial charge in [-0.15, -0.1) is 0 Å². The molecule has 4 rings (SSSR count). The Morgan fingerprint density at radius 1 is 0.960 bits per heavy atom. The number of aromatic hydroxyl groups is 1. The van der Waals surface area contributed by atoms with Crippen LogP contribution in [-0.2, 0) is 12.1 Å². The summed E-state index contributed by atoms with van der Waals surface area (Å²) in [5.41, 5.74) is 1.61. The molecule has 2 N–H and O–H groups in total. The van der Waals surface area contributed by atoms with Gasteiger partial charge in [-0.05, 0) is 67.3 Å². The first kappa shape index (κ1) is 16.6. The summed E-state index contributed by atoms with van der Waals surface area (Å²) >= 11 is 0. The van der Waals surface area contributed by atoms with Crippen molar-refractivity contribution >= 4 is 0 Å². The topological polar surface area (TPSA) is 43.7 Å². The molecule has 2 aromatic carbocycles. The summed E-state index contributed by atoms with van der Waals surface area (Å²) in [5.74, 6) is 1.55. The molecule has 0 spiro atoms.